The lowest BCUT2D eigenvalue weighted by Gasteiger charge is -1.59. The highest BCUT2D eigenvalue weighted by Crippen LogP contribution is 1.56. The molecule has 0 unspecified atom stereocenters. The van der Waals surface area contributed by atoms with Gasteiger partial charge < -0.3 is 17.6 Å². The van der Waals surface area contributed by atoms with Gasteiger partial charge in [-0.1, -0.05) is 20.3 Å². The maximum atomic E-state index is 2.75. The van der Waals surface area contributed by atoms with Crippen LogP contribution in [0.3, 0.4) is 0 Å². The lowest BCUT2D eigenvalue weighted by atomic mass is 10.6. The molecule has 0 rings (SSSR count). The maximum absolute atomic E-state index is 2.75. The molecule has 0 fully saturated rings. The summed E-state index contributed by atoms with van der Waals surface area (Å²) < 4.78 is 0. The highest BCUT2D eigenvalue weighted by Gasteiger charge is 1.35. The topological polar surface area (TPSA) is 82.0 Å². The Kier molecular flexibility index (Phi) is 208. The summed E-state index contributed by atoms with van der Waals surface area (Å²) in [5.41, 5.74) is 0. The summed E-state index contributed by atoms with van der Waals surface area (Å²) in [6.45, 7) is 4.25. The highest BCUT2D eigenvalue weighted by atomic mass is 14.7. The predicted octanol–water partition coefficient (Wildman–Crippen LogP) is 1.58. The highest BCUT2D eigenvalue weighted by molar-refractivity contribution is 3.92. The summed E-state index contributed by atoms with van der Waals surface area (Å²) in [5.74, 6) is 0. The zero-order chi connectivity index (χ0) is 5.41. The average Bonchev–Trinajstić information content (AvgIpc) is 1.39. The minimum atomic E-state index is 0. The van der Waals surface area contributed by atoms with Gasteiger partial charge in [0.25, 0.3) is 0 Å². The summed E-state index contributed by atoms with van der Waals surface area (Å²) in [4.78, 5) is 0. The molecule has 0 atom stereocenters. The van der Waals surface area contributed by atoms with Crippen LogP contribution in [0.1, 0.15) is 20.3 Å². The molecule has 0 aliphatic heterocycles. The van der Waals surface area contributed by atoms with Crippen molar-refractivity contribution in [3.05, 3.63) is 0 Å². The zero-order valence-electron chi connectivity index (χ0n) is 6.62. The number of rotatable bonds is 0. The van der Waals surface area contributed by atoms with Crippen LogP contribution in [0.5, 0.6) is 0 Å². The van der Waals surface area contributed by atoms with Crippen LogP contribution in [0.25, 0.3) is 0 Å². The van der Waals surface area contributed by atoms with Crippen LogP contribution in [-0.4, -0.2) is 14.1 Å². The summed E-state index contributed by atoms with van der Waals surface area (Å²) in [5, 5.41) is 2.75. The van der Waals surface area contributed by atoms with Crippen LogP contribution in [0.2, 0.25) is 0 Å². The molecule has 56 valence electrons. The molecule has 0 aromatic heterocycles. The monoisotopic (exact) mass is 123 g/mol. The first-order valence-electron chi connectivity index (χ1n) is 2.41. The average molecular weight is 123 g/mol. The molecule has 0 radical (unpaired) electrons. The van der Waals surface area contributed by atoms with Crippen LogP contribution >= 0.6 is 0 Å². The molecule has 0 aliphatic carbocycles. The Morgan fingerprint density at radius 1 is 1.00 bits per heavy atom. The lowest BCUT2D eigenvalue weighted by molar-refractivity contribution is 1.02. The number of hydrogen-bond acceptors (Lipinski definition) is 3. The molecule has 0 saturated carbocycles. The molecule has 0 aromatic carbocycles. The van der Waals surface area contributed by atoms with Crippen molar-refractivity contribution in [1.82, 2.24) is 17.6 Å². The fourth-order valence-corrected chi connectivity index (χ4v) is 0. The first-order chi connectivity index (χ1) is 2.83. The van der Waals surface area contributed by atoms with Crippen molar-refractivity contribution in [3.63, 3.8) is 0 Å². The van der Waals surface area contributed by atoms with Crippen LogP contribution in [0.4, 0.5) is 0 Å². The fraction of sp³-hybridized carbons (Fsp3) is 1.00. The van der Waals surface area contributed by atoms with E-state index in [-0.39, 0.29) is 12.3 Å². The number of nitrogens with one attached hydrogen (secondary N) is 1. The van der Waals surface area contributed by atoms with Gasteiger partial charge in [0.1, 0.15) is 0 Å². The van der Waals surface area contributed by atoms with Gasteiger partial charge in [0, 0.05) is 0 Å². The molecule has 0 bridgehead atoms. The third kappa shape index (κ3) is 9720. The molecular formula is C5H21N3. The van der Waals surface area contributed by atoms with Crippen molar-refractivity contribution in [3.8, 4) is 0 Å². The Morgan fingerprint density at radius 2 is 1.00 bits per heavy atom. The predicted molar refractivity (Wildman–Crippen MR) is 41.0 cm³/mol. The van der Waals surface area contributed by atoms with Crippen LogP contribution in [0.15, 0.2) is 0 Å². The van der Waals surface area contributed by atoms with Gasteiger partial charge in [0.05, 0.1) is 0 Å². The molecule has 0 amide bonds. The van der Waals surface area contributed by atoms with Gasteiger partial charge >= 0.3 is 0 Å². The van der Waals surface area contributed by atoms with Crippen molar-refractivity contribution in [1.29, 1.82) is 0 Å². The van der Waals surface area contributed by atoms with E-state index in [2.05, 4.69) is 19.2 Å². The number of hydrogen-bond donors (Lipinski definition) is 3. The molecule has 3 nitrogen and oxygen atoms in total. The van der Waals surface area contributed by atoms with E-state index < -0.39 is 0 Å². The quantitative estimate of drug-likeness (QED) is 0.457. The van der Waals surface area contributed by atoms with Gasteiger partial charge in [-0.05, 0) is 14.1 Å². The third-order valence-electron chi connectivity index (χ3n) is 0. The van der Waals surface area contributed by atoms with E-state index >= 15 is 0 Å². The van der Waals surface area contributed by atoms with E-state index in [1.165, 1.54) is 6.42 Å². The Bertz CT molecular complexity index is 9.64. The molecule has 0 aliphatic rings. The van der Waals surface area contributed by atoms with Gasteiger partial charge in [0.15, 0.2) is 0 Å². The molecular weight excluding hydrogens is 102 g/mol. The summed E-state index contributed by atoms with van der Waals surface area (Å²) >= 11 is 0. The van der Waals surface area contributed by atoms with E-state index in [0.29, 0.717) is 0 Å². The minimum absolute atomic E-state index is 0. The van der Waals surface area contributed by atoms with E-state index in [0.717, 1.165) is 0 Å². The standard InChI is InChI=1S/C3H8.C2H7N.2H3N/c2*1-3-2;;/h3H2,1-2H3;3H,1-2H3;2*1H3. The second-order valence-electron chi connectivity index (χ2n) is 1.21. The van der Waals surface area contributed by atoms with Crippen LogP contribution in [0, 0.1) is 0 Å². The van der Waals surface area contributed by atoms with Gasteiger partial charge in [-0.25, -0.2) is 0 Å². The SMILES string of the molecule is CCC.CNC.N.N. The second-order valence-corrected chi connectivity index (χ2v) is 1.21. The Hall–Kier alpha value is -0.120. The fourth-order valence-electron chi connectivity index (χ4n) is 0. The van der Waals surface area contributed by atoms with Crippen molar-refractivity contribution in [2.24, 2.45) is 0 Å². The van der Waals surface area contributed by atoms with Crippen molar-refractivity contribution < 1.29 is 0 Å². The molecule has 8 heavy (non-hydrogen) atoms. The van der Waals surface area contributed by atoms with Gasteiger partial charge in [-0.15, -0.1) is 0 Å². The van der Waals surface area contributed by atoms with Gasteiger partial charge in [-0.3, -0.25) is 0 Å². The summed E-state index contributed by atoms with van der Waals surface area (Å²) in [6, 6.07) is 0. The Balaban J connectivity index is -0.0000000160. The smallest absolute Gasteiger partial charge is 0.0167 e. The second kappa shape index (κ2) is 67.3. The normalized spacial score (nSPS) is 4.50. The summed E-state index contributed by atoms with van der Waals surface area (Å²) in [6.07, 6.45) is 1.25. The van der Waals surface area contributed by atoms with E-state index in [4.69, 9.17) is 0 Å². The largest absolute Gasteiger partial charge is 0.344 e. The van der Waals surface area contributed by atoms with Crippen molar-refractivity contribution >= 4 is 0 Å². The molecule has 0 saturated heterocycles. The maximum Gasteiger partial charge on any atom is -0.0167 e. The Labute approximate surface area is 53.0 Å². The van der Waals surface area contributed by atoms with E-state index in [1.807, 2.05) is 14.1 Å². The summed E-state index contributed by atoms with van der Waals surface area (Å²) in [7, 11) is 3.75. The zero-order valence-corrected chi connectivity index (χ0v) is 6.62. The first-order valence-corrected chi connectivity index (χ1v) is 2.41. The van der Waals surface area contributed by atoms with Crippen LogP contribution in [-0.2, 0) is 0 Å². The minimum Gasteiger partial charge on any atom is -0.344 e. The van der Waals surface area contributed by atoms with E-state index in [1.54, 1.807) is 0 Å². The van der Waals surface area contributed by atoms with Crippen LogP contribution < -0.4 is 17.6 Å². The third-order valence-corrected chi connectivity index (χ3v) is 0. The molecule has 7 N–H and O–H groups in total. The molecule has 3 heteroatoms. The van der Waals surface area contributed by atoms with Crippen molar-refractivity contribution in [2.45, 2.75) is 20.3 Å². The first kappa shape index (κ1) is 24.8. The molecule has 0 heterocycles. The Morgan fingerprint density at radius 3 is 1.00 bits per heavy atom. The van der Waals surface area contributed by atoms with Gasteiger partial charge in [0.2, 0.25) is 0 Å². The van der Waals surface area contributed by atoms with E-state index in [9.17, 15) is 0 Å². The lowest BCUT2D eigenvalue weighted by Crippen LogP contribution is -1.89. The molecule has 0 spiro atoms. The van der Waals surface area contributed by atoms with Gasteiger partial charge in [-0.2, -0.15) is 0 Å². The van der Waals surface area contributed by atoms with Crippen molar-refractivity contribution in [2.75, 3.05) is 14.1 Å². The molecule has 0 aromatic rings.